The van der Waals surface area contributed by atoms with E-state index in [1.807, 2.05) is 6.07 Å². The number of nitrogens with zero attached hydrogens (tertiary/aromatic N) is 6. The van der Waals surface area contributed by atoms with Gasteiger partial charge in [-0.15, -0.1) is 0 Å². The van der Waals surface area contributed by atoms with Crippen LogP contribution < -0.4 is 15.9 Å². The first-order valence-corrected chi connectivity index (χ1v) is 6.68. The van der Waals surface area contributed by atoms with Crippen molar-refractivity contribution in [3.63, 3.8) is 0 Å². The average Bonchev–Trinajstić information content (AvgIpc) is 2.52. The lowest BCUT2D eigenvalue weighted by Crippen LogP contribution is -2.27. The highest BCUT2D eigenvalue weighted by molar-refractivity contribution is 5.77. The van der Waals surface area contributed by atoms with Crippen LogP contribution in [0.15, 0.2) is 29.4 Å². The SMILES string of the molecule is Cc1nc(N(C)N)cc(N(C)/N=C/c2cccc(CO)n2)n1. The number of anilines is 2. The number of hydrogen-bond donors (Lipinski definition) is 2. The summed E-state index contributed by atoms with van der Waals surface area (Å²) in [6, 6.07) is 7.11. The van der Waals surface area contributed by atoms with Crippen molar-refractivity contribution < 1.29 is 5.11 Å². The van der Waals surface area contributed by atoms with Crippen LogP contribution in [0.25, 0.3) is 0 Å². The van der Waals surface area contributed by atoms with Gasteiger partial charge in [0.25, 0.3) is 0 Å². The topological polar surface area (TPSA) is 104 Å². The molecule has 0 aliphatic rings. The molecule has 0 aliphatic heterocycles. The second-order valence-corrected chi connectivity index (χ2v) is 4.72. The molecule has 2 aromatic rings. The Morgan fingerprint density at radius 3 is 2.64 bits per heavy atom. The number of aromatic nitrogens is 3. The van der Waals surface area contributed by atoms with Crippen molar-refractivity contribution in [2.45, 2.75) is 13.5 Å². The molecule has 0 fully saturated rings. The molecule has 8 nitrogen and oxygen atoms in total. The zero-order chi connectivity index (χ0) is 16.1. The zero-order valence-electron chi connectivity index (χ0n) is 12.8. The maximum atomic E-state index is 9.08. The molecule has 0 aliphatic carbocycles. The molecule has 0 spiro atoms. The molecule has 0 radical (unpaired) electrons. The van der Waals surface area contributed by atoms with Crippen molar-refractivity contribution in [1.29, 1.82) is 0 Å². The summed E-state index contributed by atoms with van der Waals surface area (Å²) in [5.74, 6) is 7.53. The number of hydrazone groups is 1. The molecule has 0 saturated heterocycles. The molecule has 0 atom stereocenters. The Morgan fingerprint density at radius 2 is 1.95 bits per heavy atom. The highest BCUT2D eigenvalue weighted by Crippen LogP contribution is 2.16. The molecule has 8 heteroatoms. The summed E-state index contributed by atoms with van der Waals surface area (Å²) < 4.78 is 0. The van der Waals surface area contributed by atoms with Gasteiger partial charge >= 0.3 is 0 Å². The van der Waals surface area contributed by atoms with Gasteiger partial charge in [-0.05, 0) is 19.1 Å². The van der Waals surface area contributed by atoms with Crippen LogP contribution in [0.4, 0.5) is 11.6 Å². The van der Waals surface area contributed by atoms with Gasteiger partial charge in [-0.2, -0.15) is 5.10 Å². The fraction of sp³-hybridized carbons (Fsp3) is 0.286. The molecule has 2 heterocycles. The van der Waals surface area contributed by atoms with Crippen molar-refractivity contribution in [1.82, 2.24) is 15.0 Å². The highest BCUT2D eigenvalue weighted by atomic mass is 16.3. The molecule has 0 bridgehead atoms. The van der Waals surface area contributed by atoms with Crippen molar-refractivity contribution in [3.8, 4) is 0 Å². The Hall–Kier alpha value is -2.58. The summed E-state index contributed by atoms with van der Waals surface area (Å²) in [5, 5.41) is 16.4. The summed E-state index contributed by atoms with van der Waals surface area (Å²) in [6.07, 6.45) is 1.60. The van der Waals surface area contributed by atoms with E-state index in [2.05, 4.69) is 20.1 Å². The zero-order valence-corrected chi connectivity index (χ0v) is 12.8. The molecule has 22 heavy (non-hydrogen) atoms. The molecule has 0 unspecified atom stereocenters. The van der Waals surface area contributed by atoms with E-state index >= 15 is 0 Å². The molecule has 116 valence electrons. The second-order valence-electron chi connectivity index (χ2n) is 4.72. The smallest absolute Gasteiger partial charge is 0.154 e. The summed E-state index contributed by atoms with van der Waals surface area (Å²) in [5.41, 5.74) is 1.25. The molecular weight excluding hydrogens is 282 g/mol. The van der Waals surface area contributed by atoms with Gasteiger partial charge in [-0.3, -0.25) is 10.0 Å². The summed E-state index contributed by atoms with van der Waals surface area (Å²) in [7, 11) is 3.48. The van der Waals surface area contributed by atoms with Crippen molar-refractivity contribution in [2.75, 3.05) is 24.1 Å². The van der Waals surface area contributed by atoms with Crippen LogP contribution in [-0.4, -0.2) is 40.4 Å². The lowest BCUT2D eigenvalue weighted by Gasteiger charge is -2.16. The molecule has 2 rings (SSSR count). The maximum Gasteiger partial charge on any atom is 0.154 e. The molecule has 2 aromatic heterocycles. The number of nitrogens with two attached hydrogens (primary N) is 1. The number of aliphatic hydroxyl groups excluding tert-OH is 1. The van der Waals surface area contributed by atoms with Crippen LogP contribution in [0.5, 0.6) is 0 Å². The predicted molar refractivity (Wildman–Crippen MR) is 85.5 cm³/mol. The number of rotatable bonds is 5. The van der Waals surface area contributed by atoms with Crippen LogP contribution in [0.2, 0.25) is 0 Å². The van der Waals surface area contributed by atoms with Gasteiger partial charge in [0, 0.05) is 20.2 Å². The van der Waals surface area contributed by atoms with Gasteiger partial charge < -0.3 is 5.11 Å². The second kappa shape index (κ2) is 6.92. The van der Waals surface area contributed by atoms with Gasteiger partial charge in [0.15, 0.2) is 5.82 Å². The van der Waals surface area contributed by atoms with E-state index in [0.717, 1.165) is 0 Å². The summed E-state index contributed by atoms with van der Waals surface area (Å²) >= 11 is 0. The Morgan fingerprint density at radius 1 is 1.23 bits per heavy atom. The third-order valence-electron chi connectivity index (χ3n) is 2.86. The lowest BCUT2D eigenvalue weighted by atomic mass is 10.3. The minimum absolute atomic E-state index is 0.102. The first-order chi connectivity index (χ1) is 10.5. The van der Waals surface area contributed by atoms with E-state index in [0.29, 0.717) is 28.8 Å². The molecule has 0 aromatic carbocycles. The standard InChI is InChI=1S/C14H19N7O/c1-10-17-13(20(2)15)7-14(18-10)21(3)16-8-11-5-4-6-12(9-22)19-11/h4-8,22H,9,15H2,1-3H3/b16-8+. The van der Waals surface area contributed by atoms with Gasteiger partial charge in [0.1, 0.15) is 11.6 Å². The number of pyridine rings is 1. The Kier molecular flexibility index (Phi) is 4.97. The van der Waals surface area contributed by atoms with Crippen molar-refractivity contribution in [3.05, 3.63) is 41.5 Å². The van der Waals surface area contributed by atoms with Crippen molar-refractivity contribution >= 4 is 17.9 Å². The summed E-state index contributed by atoms with van der Waals surface area (Å²) in [4.78, 5) is 12.8. The number of hydrogen-bond acceptors (Lipinski definition) is 8. The number of aliphatic hydroxyl groups is 1. The predicted octanol–water partition coefficient (Wildman–Crippen LogP) is 0.453. The van der Waals surface area contributed by atoms with E-state index in [1.165, 1.54) is 5.01 Å². The third-order valence-corrected chi connectivity index (χ3v) is 2.86. The average molecular weight is 301 g/mol. The molecule has 0 saturated carbocycles. The molecule has 3 N–H and O–H groups in total. The Labute approximate surface area is 128 Å². The van der Waals surface area contributed by atoms with Crippen LogP contribution in [0, 0.1) is 6.92 Å². The fourth-order valence-electron chi connectivity index (χ4n) is 1.75. The largest absolute Gasteiger partial charge is 0.390 e. The minimum atomic E-state index is -0.102. The van der Waals surface area contributed by atoms with Gasteiger partial charge in [0.2, 0.25) is 0 Å². The minimum Gasteiger partial charge on any atom is -0.390 e. The van der Waals surface area contributed by atoms with Crippen molar-refractivity contribution in [2.24, 2.45) is 10.9 Å². The van der Waals surface area contributed by atoms with Crippen LogP contribution >= 0.6 is 0 Å². The Balaban J connectivity index is 2.21. The van der Waals surface area contributed by atoms with Gasteiger partial charge in [-0.1, -0.05) is 6.07 Å². The summed E-state index contributed by atoms with van der Waals surface area (Å²) in [6.45, 7) is 1.69. The molecule has 0 amide bonds. The first-order valence-electron chi connectivity index (χ1n) is 6.68. The van der Waals surface area contributed by atoms with Crippen LogP contribution in [-0.2, 0) is 6.61 Å². The van der Waals surface area contributed by atoms with Gasteiger partial charge in [0.05, 0.1) is 24.2 Å². The normalized spacial score (nSPS) is 11.0. The molecular formula is C14H19N7O. The van der Waals surface area contributed by atoms with Gasteiger partial charge in [-0.25, -0.2) is 20.8 Å². The fourth-order valence-corrected chi connectivity index (χ4v) is 1.75. The first kappa shape index (κ1) is 15.8. The van der Waals surface area contributed by atoms with Crippen LogP contribution in [0.1, 0.15) is 17.2 Å². The van der Waals surface area contributed by atoms with Crippen LogP contribution in [0.3, 0.4) is 0 Å². The van der Waals surface area contributed by atoms with E-state index < -0.39 is 0 Å². The van der Waals surface area contributed by atoms with E-state index in [1.54, 1.807) is 50.4 Å². The number of hydrazine groups is 1. The lowest BCUT2D eigenvalue weighted by molar-refractivity contribution is 0.277. The Bertz CT molecular complexity index is 672. The third kappa shape index (κ3) is 3.96. The number of aryl methyl sites for hydroxylation is 1. The maximum absolute atomic E-state index is 9.08. The highest BCUT2D eigenvalue weighted by Gasteiger charge is 2.07. The quantitative estimate of drug-likeness (QED) is 0.469. The monoisotopic (exact) mass is 301 g/mol. The van der Waals surface area contributed by atoms with E-state index in [4.69, 9.17) is 10.9 Å². The van der Waals surface area contributed by atoms with E-state index in [9.17, 15) is 0 Å². The van der Waals surface area contributed by atoms with E-state index in [-0.39, 0.29) is 6.61 Å².